The second kappa shape index (κ2) is 10.7. The number of amides is 2. The monoisotopic (exact) mass is 537 g/mol. The van der Waals surface area contributed by atoms with Crippen molar-refractivity contribution in [3.63, 3.8) is 0 Å². The Bertz CT molecular complexity index is 1480. The Labute approximate surface area is 222 Å². The van der Waals surface area contributed by atoms with Crippen LogP contribution in [0.4, 0.5) is 35.2 Å². The molecule has 2 N–H and O–H groups in total. The number of nitrogens with zero attached hydrogens (tertiary/aromatic N) is 5. The minimum absolute atomic E-state index is 0.137. The van der Waals surface area contributed by atoms with Crippen LogP contribution in [-0.2, 0) is 18.0 Å². The van der Waals surface area contributed by atoms with Crippen LogP contribution in [-0.4, -0.2) is 52.1 Å². The third-order valence-electron chi connectivity index (χ3n) is 6.27. The fraction of sp³-hybridized carbons (Fsp3) is 0.259. The van der Waals surface area contributed by atoms with Gasteiger partial charge in [0.15, 0.2) is 0 Å². The van der Waals surface area contributed by atoms with Crippen LogP contribution in [0, 0.1) is 6.92 Å². The normalized spacial score (nSPS) is 13.8. The molecule has 202 valence electrons. The molecule has 0 unspecified atom stereocenters. The van der Waals surface area contributed by atoms with Crippen LogP contribution in [0.2, 0.25) is 0 Å². The summed E-state index contributed by atoms with van der Waals surface area (Å²) < 4.78 is 45.5. The molecule has 4 heterocycles. The maximum atomic E-state index is 12.8. The number of alkyl halides is 3. The zero-order chi connectivity index (χ0) is 27.6. The van der Waals surface area contributed by atoms with Crippen LogP contribution in [0.15, 0.2) is 61.1 Å². The van der Waals surface area contributed by atoms with Crippen molar-refractivity contribution in [3.05, 3.63) is 72.3 Å². The number of carbonyl (C=O) groups is 1. The molecular weight excluding hydrogens is 511 g/mol. The van der Waals surface area contributed by atoms with Crippen molar-refractivity contribution in [2.45, 2.75) is 13.1 Å². The number of benzene rings is 1. The number of hydrogen-bond donors (Lipinski definition) is 2. The van der Waals surface area contributed by atoms with Gasteiger partial charge < -0.3 is 20.3 Å². The molecule has 3 aromatic heterocycles. The maximum absolute atomic E-state index is 12.8. The van der Waals surface area contributed by atoms with E-state index in [0.717, 1.165) is 65.2 Å². The van der Waals surface area contributed by atoms with Gasteiger partial charge in [-0.15, -0.1) is 0 Å². The highest BCUT2D eigenvalue weighted by Crippen LogP contribution is 2.33. The lowest BCUT2D eigenvalue weighted by atomic mass is 9.98. The summed E-state index contributed by atoms with van der Waals surface area (Å²) in [4.78, 5) is 23.0. The van der Waals surface area contributed by atoms with Gasteiger partial charge in [0.05, 0.1) is 37.0 Å². The summed E-state index contributed by atoms with van der Waals surface area (Å²) in [5, 5.41) is 9.54. The van der Waals surface area contributed by atoms with E-state index >= 15 is 0 Å². The first kappa shape index (κ1) is 26.2. The molecule has 1 fully saturated rings. The van der Waals surface area contributed by atoms with Crippen LogP contribution < -0.4 is 15.5 Å². The minimum atomic E-state index is -4.55. The second-order valence-electron chi connectivity index (χ2n) is 9.14. The fourth-order valence-electron chi connectivity index (χ4n) is 4.27. The molecule has 1 aliphatic heterocycles. The molecule has 1 saturated heterocycles. The Hall–Kier alpha value is -4.45. The average Bonchev–Trinajstić information content (AvgIpc) is 3.36. The van der Waals surface area contributed by atoms with Crippen molar-refractivity contribution in [3.8, 4) is 22.4 Å². The molecule has 0 spiro atoms. The molecule has 0 radical (unpaired) electrons. The van der Waals surface area contributed by atoms with Crippen LogP contribution in [0.1, 0.15) is 11.3 Å². The van der Waals surface area contributed by atoms with Crippen molar-refractivity contribution >= 4 is 23.2 Å². The van der Waals surface area contributed by atoms with Gasteiger partial charge in [-0.2, -0.15) is 18.3 Å². The summed E-state index contributed by atoms with van der Waals surface area (Å²) in [6.45, 7) is 4.67. The molecular formula is C27H26F3N7O2. The van der Waals surface area contributed by atoms with Gasteiger partial charge in [0.2, 0.25) is 0 Å². The number of urea groups is 1. The summed E-state index contributed by atoms with van der Waals surface area (Å²) >= 11 is 0. The molecule has 5 rings (SSSR count). The first-order valence-electron chi connectivity index (χ1n) is 12.2. The van der Waals surface area contributed by atoms with Crippen LogP contribution in [0.3, 0.4) is 0 Å². The molecule has 0 atom stereocenters. The number of halogens is 3. The van der Waals surface area contributed by atoms with E-state index in [4.69, 9.17) is 9.72 Å². The first-order chi connectivity index (χ1) is 18.7. The zero-order valence-electron chi connectivity index (χ0n) is 21.3. The Morgan fingerprint density at radius 3 is 2.38 bits per heavy atom. The molecule has 2 amide bonds. The molecule has 0 aliphatic carbocycles. The Morgan fingerprint density at radius 2 is 1.72 bits per heavy atom. The summed E-state index contributed by atoms with van der Waals surface area (Å²) in [7, 11) is 1.85. The summed E-state index contributed by atoms with van der Waals surface area (Å²) in [6, 6.07) is 10.9. The average molecular weight is 538 g/mol. The molecule has 12 heteroatoms. The molecule has 4 aromatic rings. The lowest BCUT2D eigenvalue weighted by molar-refractivity contribution is -0.141. The van der Waals surface area contributed by atoms with Crippen molar-refractivity contribution in [1.82, 2.24) is 19.7 Å². The topological polar surface area (TPSA) is 97.2 Å². The SMILES string of the molecule is Cc1ccc(NC(=O)Nc2ccc(C(F)(F)F)nc2)cc1-c1cc(-c2cnn(C)c2)nc(N2CCOCC2)c1. The Balaban J connectivity index is 1.41. The first-order valence-corrected chi connectivity index (χ1v) is 12.2. The summed E-state index contributed by atoms with van der Waals surface area (Å²) in [5.74, 6) is 0.819. The van der Waals surface area contributed by atoms with E-state index in [-0.39, 0.29) is 5.69 Å². The van der Waals surface area contributed by atoms with Gasteiger partial charge in [-0.25, -0.2) is 14.8 Å². The van der Waals surface area contributed by atoms with E-state index < -0.39 is 17.9 Å². The summed E-state index contributed by atoms with van der Waals surface area (Å²) in [5.41, 5.74) is 4.07. The predicted octanol–water partition coefficient (Wildman–Crippen LogP) is 5.35. The van der Waals surface area contributed by atoms with Crippen molar-refractivity contribution in [2.75, 3.05) is 41.8 Å². The highest BCUT2D eigenvalue weighted by Gasteiger charge is 2.32. The van der Waals surface area contributed by atoms with Gasteiger partial charge in [-0.1, -0.05) is 6.07 Å². The number of ether oxygens (including phenoxy) is 1. The van der Waals surface area contributed by atoms with Gasteiger partial charge in [0.25, 0.3) is 0 Å². The second-order valence-corrected chi connectivity index (χ2v) is 9.14. The number of morpholine rings is 1. The van der Waals surface area contributed by atoms with Gasteiger partial charge >= 0.3 is 12.2 Å². The molecule has 1 aromatic carbocycles. The van der Waals surface area contributed by atoms with Crippen LogP contribution in [0.25, 0.3) is 22.4 Å². The molecule has 39 heavy (non-hydrogen) atoms. The number of anilines is 3. The number of hydrogen-bond acceptors (Lipinski definition) is 6. The Morgan fingerprint density at radius 1 is 0.974 bits per heavy atom. The number of carbonyl (C=O) groups excluding carboxylic acids is 1. The van der Waals surface area contributed by atoms with Crippen LogP contribution >= 0.6 is 0 Å². The van der Waals surface area contributed by atoms with Crippen molar-refractivity contribution in [1.29, 1.82) is 0 Å². The van der Waals surface area contributed by atoms with E-state index in [1.54, 1.807) is 16.9 Å². The van der Waals surface area contributed by atoms with E-state index in [2.05, 4.69) is 25.6 Å². The third-order valence-corrected chi connectivity index (χ3v) is 6.27. The smallest absolute Gasteiger partial charge is 0.378 e. The van der Waals surface area contributed by atoms with E-state index in [9.17, 15) is 18.0 Å². The fourth-order valence-corrected chi connectivity index (χ4v) is 4.27. The predicted molar refractivity (Wildman–Crippen MR) is 142 cm³/mol. The van der Waals surface area contributed by atoms with Gasteiger partial charge in [-0.05, 0) is 60.0 Å². The number of nitrogens with one attached hydrogen (secondary N) is 2. The third kappa shape index (κ3) is 6.17. The molecule has 1 aliphatic rings. The zero-order valence-corrected chi connectivity index (χ0v) is 21.3. The summed E-state index contributed by atoms with van der Waals surface area (Å²) in [6.07, 6.45) is 0.0820. The lowest BCUT2D eigenvalue weighted by Crippen LogP contribution is -2.36. The van der Waals surface area contributed by atoms with E-state index in [0.29, 0.717) is 18.9 Å². The van der Waals surface area contributed by atoms with Gasteiger partial charge in [0, 0.05) is 37.6 Å². The number of pyridine rings is 2. The maximum Gasteiger partial charge on any atom is 0.433 e. The number of rotatable bonds is 5. The van der Waals surface area contributed by atoms with E-state index in [1.807, 2.05) is 44.4 Å². The van der Waals surface area contributed by atoms with Gasteiger partial charge in [0.1, 0.15) is 11.5 Å². The molecule has 0 saturated carbocycles. The number of aryl methyl sites for hydroxylation is 2. The minimum Gasteiger partial charge on any atom is -0.378 e. The quantitative estimate of drug-likeness (QED) is 0.356. The van der Waals surface area contributed by atoms with Gasteiger partial charge in [-0.3, -0.25) is 4.68 Å². The highest BCUT2D eigenvalue weighted by atomic mass is 19.4. The van der Waals surface area contributed by atoms with Crippen molar-refractivity contribution < 1.29 is 22.7 Å². The lowest BCUT2D eigenvalue weighted by Gasteiger charge is -2.28. The molecule has 0 bridgehead atoms. The standard InChI is InChI=1S/C27H26F3N7O2/c1-17-3-4-20(33-26(38)34-21-5-6-24(31-15-21)27(28,29)30)13-22(17)18-11-23(19-14-32-36(2)16-19)35-25(12-18)37-7-9-39-10-8-37/h3-6,11-16H,7-10H2,1-2H3,(H2,33,34,38). The molecule has 9 nitrogen and oxygen atoms in total. The van der Waals surface area contributed by atoms with Crippen LogP contribution in [0.5, 0.6) is 0 Å². The number of aromatic nitrogens is 4. The van der Waals surface area contributed by atoms with Crippen molar-refractivity contribution in [2.24, 2.45) is 7.05 Å². The Kier molecular flexibility index (Phi) is 7.20. The highest BCUT2D eigenvalue weighted by molar-refractivity contribution is 6.00. The van der Waals surface area contributed by atoms with E-state index in [1.165, 1.54) is 0 Å². The largest absolute Gasteiger partial charge is 0.433 e.